The first kappa shape index (κ1) is 10.2. The van der Waals surface area contributed by atoms with Crippen LogP contribution in [-0.2, 0) is 13.1 Å². The Hall–Kier alpha value is -1.35. The van der Waals surface area contributed by atoms with E-state index >= 15 is 0 Å². The van der Waals surface area contributed by atoms with Gasteiger partial charge >= 0.3 is 0 Å². The van der Waals surface area contributed by atoms with E-state index in [1.165, 1.54) is 11.1 Å². The number of hydrogen-bond donors (Lipinski definition) is 2. The average Bonchev–Trinajstić information content (AvgIpc) is 2.72. The van der Waals surface area contributed by atoms with Gasteiger partial charge in [0.1, 0.15) is 0 Å². The highest BCUT2D eigenvalue weighted by molar-refractivity contribution is 5.94. The molecule has 1 aromatic rings. The second-order valence-electron chi connectivity index (χ2n) is 3.84. The maximum Gasteiger partial charge on any atom is 0.251 e. The average molecular weight is 204 g/mol. The van der Waals surface area contributed by atoms with E-state index in [0.717, 1.165) is 31.6 Å². The molecular formula is C12H16N2O. The second-order valence-corrected chi connectivity index (χ2v) is 3.84. The fourth-order valence-corrected chi connectivity index (χ4v) is 1.78. The number of benzene rings is 1. The van der Waals surface area contributed by atoms with Crippen LogP contribution in [0.1, 0.15) is 34.8 Å². The van der Waals surface area contributed by atoms with Crippen molar-refractivity contribution in [1.82, 2.24) is 10.6 Å². The van der Waals surface area contributed by atoms with Crippen LogP contribution >= 0.6 is 0 Å². The zero-order valence-electron chi connectivity index (χ0n) is 8.97. The summed E-state index contributed by atoms with van der Waals surface area (Å²) in [5, 5.41) is 6.15. The lowest BCUT2D eigenvalue weighted by Gasteiger charge is -2.05. The van der Waals surface area contributed by atoms with Crippen LogP contribution in [0.2, 0.25) is 0 Å². The molecular weight excluding hydrogens is 188 g/mol. The summed E-state index contributed by atoms with van der Waals surface area (Å²) >= 11 is 0. The largest absolute Gasteiger partial charge is 0.352 e. The topological polar surface area (TPSA) is 41.1 Å². The summed E-state index contributed by atoms with van der Waals surface area (Å²) in [5.74, 6) is 0.0338. The molecule has 0 unspecified atom stereocenters. The monoisotopic (exact) mass is 204 g/mol. The molecule has 3 nitrogen and oxygen atoms in total. The Morgan fingerprint density at radius 2 is 2.20 bits per heavy atom. The highest BCUT2D eigenvalue weighted by Crippen LogP contribution is 2.16. The molecule has 0 radical (unpaired) electrons. The van der Waals surface area contributed by atoms with Gasteiger partial charge in [0.15, 0.2) is 0 Å². The minimum atomic E-state index is 0.0338. The van der Waals surface area contributed by atoms with E-state index in [9.17, 15) is 4.79 Å². The zero-order valence-corrected chi connectivity index (χ0v) is 8.97. The normalized spacial score (nSPS) is 13.7. The lowest BCUT2D eigenvalue weighted by molar-refractivity contribution is 0.0953. The van der Waals surface area contributed by atoms with E-state index in [0.29, 0.717) is 0 Å². The van der Waals surface area contributed by atoms with Gasteiger partial charge in [-0.3, -0.25) is 4.79 Å². The van der Waals surface area contributed by atoms with Gasteiger partial charge in [-0.25, -0.2) is 0 Å². The molecule has 2 N–H and O–H groups in total. The van der Waals surface area contributed by atoms with Crippen LogP contribution < -0.4 is 10.6 Å². The SMILES string of the molecule is CCCNC(=O)c1ccc2c(c1)CNC2. The Kier molecular flexibility index (Phi) is 3.02. The Labute approximate surface area is 89.9 Å². The molecule has 0 saturated heterocycles. The van der Waals surface area contributed by atoms with Gasteiger partial charge in [-0.05, 0) is 29.7 Å². The number of nitrogens with one attached hydrogen (secondary N) is 2. The number of carbonyl (C=O) groups excluding carboxylic acids is 1. The van der Waals surface area contributed by atoms with Crippen molar-refractivity contribution in [2.45, 2.75) is 26.4 Å². The van der Waals surface area contributed by atoms with Crippen molar-refractivity contribution in [2.24, 2.45) is 0 Å². The van der Waals surface area contributed by atoms with Gasteiger partial charge < -0.3 is 10.6 Å². The third kappa shape index (κ3) is 2.18. The molecule has 0 spiro atoms. The van der Waals surface area contributed by atoms with Crippen LogP contribution in [0, 0.1) is 0 Å². The van der Waals surface area contributed by atoms with E-state index in [2.05, 4.69) is 10.6 Å². The molecule has 1 aliphatic heterocycles. The van der Waals surface area contributed by atoms with Crippen molar-refractivity contribution in [1.29, 1.82) is 0 Å². The van der Waals surface area contributed by atoms with Crippen molar-refractivity contribution < 1.29 is 4.79 Å². The highest BCUT2D eigenvalue weighted by Gasteiger charge is 2.12. The van der Waals surface area contributed by atoms with Crippen LogP contribution in [0.5, 0.6) is 0 Å². The minimum Gasteiger partial charge on any atom is -0.352 e. The third-order valence-electron chi connectivity index (χ3n) is 2.63. The Morgan fingerprint density at radius 1 is 1.40 bits per heavy atom. The van der Waals surface area contributed by atoms with Crippen LogP contribution in [-0.4, -0.2) is 12.5 Å². The van der Waals surface area contributed by atoms with E-state index in [-0.39, 0.29) is 5.91 Å². The van der Waals surface area contributed by atoms with Gasteiger partial charge in [-0.2, -0.15) is 0 Å². The van der Waals surface area contributed by atoms with Crippen molar-refractivity contribution >= 4 is 5.91 Å². The van der Waals surface area contributed by atoms with Gasteiger partial charge in [0.2, 0.25) is 0 Å². The van der Waals surface area contributed by atoms with Crippen LogP contribution in [0.3, 0.4) is 0 Å². The molecule has 1 aromatic carbocycles. The van der Waals surface area contributed by atoms with E-state index in [1.807, 2.05) is 25.1 Å². The van der Waals surface area contributed by atoms with Crippen LogP contribution in [0.4, 0.5) is 0 Å². The molecule has 1 aliphatic rings. The van der Waals surface area contributed by atoms with Gasteiger partial charge in [0.25, 0.3) is 5.91 Å². The molecule has 0 aliphatic carbocycles. The predicted molar refractivity (Wildman–Crippen MR) is 59.6 cm³/mol. The molecule has 0 saturated carbocycles. The van der Waals surface area contributed by atoms with Crippen molar-refractivity contribution in [3.8, 4) is 0 Å². The molecule has 80 valence electrons. The highest BCUT2D eigenvalue weighted by atomic mass is 16.1. The predicted octanol–water partition coefficient (Wildman–Crippen LogP) is 1.43. The van der Waals surface area contributed by atoms with E-state index in [1.54, 1.807) is 0 Å². The standard InChI is InChI=1S/C12H16N2O/c1-2-5-14-12(15)9-3-4-10-7-13-8-11(10)6-9/h3-4,6,13H,2,5,7-8H2,1H3,(H,14,15). The molecule has 1 heterocycles. The number of rotatable bonds is 3. The van der Waals surface area contributed by atoms with Crippen molar-refractivity contribution in [2.75, 3.05) is 6.54 Å². The van der Waals surface area contributed by atoms with Gasteiger partial charge in [-0.15, -0.1) is 0 Å². The number of hydrogen-bond acceptors (Lipinski definition) is 2. The minimum absolute atomic E-state index is 0.0338. The van der Waals surface area contributed by atoms with Crippen molar-refractivity contribution in [3.05, 3.63) is 34.9 Å². The Balaban J connectivity index is 2.12. The van der Waals surface area contributed by atoms with Gasteiger partial charge in [0, 0.05) is 25.2 Å². The quantitative estimate of drug-likeness (QED) is 0.782. The summed E-state index contributed by atoms with van der Waals surface area (Å²) in [4.78, 5) is 11.7. The molecule has 1 amide bonds. The fraction of sp³-hybridized carbons (Fsp3) is 0.417. The first-order valence-electron chi connectivity index (χ1n) is 5.42. The van der Waals surface area contributed by atoms with Gasteiger partial charge in [0.05, 0.1) is 0 Å². The molecule has 0 bridgehead atoms. The summed E-state index contributed by atoms with van der Waals surface area (Å²) in [6, 6.07) is 5.92. The summed E-state index contributed by atoms with van der Waals surface area (Å²) in [6.45, 7) is 4.59. The maximum absolute atomic E-state index is 11.7. The van der Waals surface area contributed by atoms with E-state index < -0.39 is 0 Å². The third-order valence-corrected chi connectivity index (χ3v) is 2.63. The van der Waals surface area contributed by atoms with Crippen molar-refractivity contribution in [3.63, 3.8) is 0 Å². The maximum atomic E-state index is 11.7. The molecule has 0 fully saturated rings. The second kappa shape index (κ2) is 4.45. The summed E-state index contributed by atoms with van der Waals surface area (Å²) in [5.41, 5.74) is 3.33. The smallest absolute Gasteiger partial charge is 0.251 e. The number of carbonyl (C=O) groups is 1. The number of fused-ring (bicyclic) bond motifs is 1. The number of amides is 1. The summed E-state index contributed by atoms with van der Waals surface area (Å²) in [6.07, 6.45) is 0.970. The van der Waals surface area contributed by atoms with Gasteiger partial charge in [-0.1, -0.05) is 13.0 Å². The lowest BCUT2D eigenvalue weighted by Crippen LogP contribution is -2.24. The zero-order chi connectivity index (χ0) is 10.7. The molecule has 15 heavy (non-hydrogen) atoms. The molecule has 0 atom stereocenters. The Morgan fingerprint density at radius 3 is 3.00 bits per heavy atom. The Bertz CT molecular complexity index is 374. The van der Waals surface area contributed by atoms with E-state index in [4.69, 9.17) is 0 Å². The first-order chi connectivity index (χ1) is 7.31. The fourth-order valence-electron chi connectivity index (χ4n) is 1.78. The molecule has 3 heteroatoms. The summed E-state index contributed by atoms with van der Waals surface area (Å²) < 4.78 is 0. The lowest BCUT2D eigenvalue weighted by atomic mass is 10.1. The molecule has 2 rings (SSSR count). The van der Waals surface area contributed by atoms with Crippen LogP contribution in [0.25, 0.3) is 0 Å². The molecule has 0 aromatic heterocycles. The first-order valence-corrected chi connectivity index (χ1v) is 5.42. The van der Waals surface area contributed by atoms with Crippen LogP contribution in [0.15, 0.2) is 18.2 Å². The summed E-state index contributed by atoms with van der Waals surface area (Å²) in [7, 11) is 0.